The predicted octanol–water partition coefficient (Wildman–Crippen LogP) is 6.32. The molecule has 9 nitrogen and oxygen atoms in total. The van der Waals surface area contributed by atoms with Crippen LogP contribution in [0.5, 0.6) is 0 Å². The minimum atomic E-state index is -0.970. The highest BCUT2D eigenvalue weighted by atomic mass is 79.9. The SMILES string of the molecule is CC(C)(C)OC(=O)N(C(=O)OC(C)(C)C)c1nn(C(=O)OC(C)(C)C)c2cc(Br)sc12. The fourth-order valence-corrected chi connectivity index (χ4v) is 3.86. The Hall–Kier alpha value is -2.14. The normalized spacial score (nSPS) is 12.6. The van der Waals surface area contributed by atoms with Crippen LogP contribution in [0.1, 0.15) is 62.3 Å². The van der Waals surface area contributed by atoms with E-state index in [1.54, 1.807) is 68.4 Å². The number of amides is 2. The number of halogens is 1. The van der Waals surface area contributed by atoms with Gasteiger partial charge in [0.15, 0.2) is 5.82 Å². The van der Waals surface area contributed by atoms with Crippen LogP contribution >= 0.6 is 27.3 Å². The molecule has 0 saturated heterocycles. The number of imide groups is 1. The lowest BCUT2D eigenvalue weighted by Gasteiger charge is -2.27. The van der Waals surface area contributed by atoms with Gasteiger partial charge in [-0.3, -0.25) is 0 Å². The molecule has 11 heteroatoms. The van der Waals surface area contributed by atoms with Crippen molar-refractivity contribution in [3.05, 3.63) is 9.85 Å². The van der Waals surface area contributed by atoms with Crippen LogP contribution in [0, 0.1) is 0 Å². The van der Waals surface area contributed by atoms with E-state index >= 15 is 0 Å². The van der Waals surface area contributed by atoms with Crippen molar-refractivity contribution in [2.75, 3.05) is 4.90 Å². The molecule has 0 saturated carbocycles. The van der Waals surface area contributed by atoms with E-state index in [2.05, 4.69) is 21.0 Å². The molecule has 0 spiro atoms. The van der Waals surface area contributed by atoms with Crippen molar-refractivity contribution in [1.82, 2.24) is 9.78 Å². The summed E-state index contributed by atoms with van der Waals surface area (Å²) in [5.74, 6) is -0.0833. The molecule has 0 N–H and O–H groups in total. The van der Waals surface area contributed by atoms with Gasteiger partial charge in [-0.1, -0.05) is 0 Å². The Bertz CT molecular complexity index is 979. The number of carbonyl (C=O) groups excluding carboxylic acids is 3. The molecular formula is C20H28BrN3O6S. The van der Waals surface area contributed by atoms with Gasteiger partial charge >= 0.3 is 18.3 Å². The van der Waals surface area contributed by atoms with Crippen LogP contribution in [0.2, 0.25) is 0 Å². The molecule has 0 radical (unpaired) electrons. The third kappa shape index (κ3) is 6.67. The zero-order valence-corrected chi connectivity index (χ0v) is 21.6. The molecule has 0 aromatic carbocycles. The molecule has 0 fully saturated rings. The number of nitrogens with zero attached hydrogens (tertiary/aromatic N) is 3. The van der Waals surface area contributed by atoms with Crippen LogP contribution in [0.25, 0.3) is 10.2 Å². The van der Waals surface area contributed by atoms with E-state index in [4.69, 9.17) is 14.2 Å². The maximum Gasteiger partial charge on any atom is 0.435 e. The molecule has 0 aliphatic carbocycles. The van der Waals surface area contributed by atoms with E-state index in [-0.39, 0.29) is 5.82 Å². The minimum Gasteiger partial charge on any atom is -0.443 e. The Morgan fingerprint density at radius 2 is 1.35 bits per heavy atom. The van der Waals surface area contributed by atoms with Gasteiger partial charge in [0.1, 0.15) is 16.8 Å². The summed E-state index contributed by atoms with van der Waals surface area (Å²) in [6.07, 6.45) is -2.69. The van der Waals surface area contributed by atoms with Gasteiger partial charge in [0.25, 0.3) is 0 Å². The fraction of sp³-hybridized carbons (Fsp3) is 0.600. The van der Waals surface area contributed by atoms with Crippen LogP contribution in [0.3, 0.4) is 0 Å². The summed E-state index contributed by atoms with van der Waals surface area (Å²) < 4.78 is 18.3. The van der Waals surface area contributed by atoms with Gasteiger partial charge in [-0.25, -0.2) is 14.4 Å². The smallest absolute Gasteiger partial charge is 0.435 e. The summed E-state index contributed by atoms with van der Waals surface area (Å²) in [4.78, 5) is 39.4. The standard InChI is InChI=1S/C20H28BrN3O6S/c1-18(2,3)28-15(25)23(16(26)29-19(4,5)6)14-13-11(10-12(21)31-13)24(22-14)17(27)30-20(7,8)9/h10H,1-9H3. The molecule has 0 aliphatic heterocycles. The zero-order valence-electron chi connectivity index (χ0n) is 19.2. The van der Waals surface area contributed by atoms with E-state index in [1.165, 1.54) is 11.3 Å². The second kappa shape index (κ2) is 8.42. The molecule has 2 aromatic rings. The molecule has 0 atom stereocenters. The molecule has 172 valence electrons. The van der Waals surface area contributed by atoms with Gasteiger partial charge in [-0.05, 0) is 84.3 Å². The minimum absolute atomic E-state index is 0.0833. The molecule has 2 rings (SSSR count). The van der Waals surface area contributed by atoms with Gasteiger partial charge in [-0.15, -0.1) is 16.4 Å². The largest absolute Gasteiger partial charge is 0.443 e. The first-order valence-corrected chi connectivity index (χ1v) is 11.2. The number of anilines is 1. The number of fused-ring (bicyclic) bond motifs is 1. The summed E-state index contributed by atoms with van der Waals surface area (Å²) in [5, 5.41) is 4.23. The van der Waals surface area contributed by atoms with Crippen molar-refractivity contribution in [2.24, 2.45) is 0 Å². The Morgan fingerprint density at radius 3 is 1.77 bits per heavy atom. The van der Waals surface area contributed by atoms with Crippen molar-refractivity contribution in [2.45, 2.75) is 79.1 Å². The number of hydrogen-bond donors (Lipinski definition) is 0. The predicted molar refractivity (Wildman–Crippen MR) is 122 cm³/mol. The maximum absolute atomic E-state index is 13.0. The zero-order chi connectivity index (χ0) is 23.9. The van der Waals surface area contributed by atoms with Crippen LogP contribution in [0.4, 0.5) is 20.2 Å². The topological polar surface area (TPSA) is 100.0 Å². The Labute approximate surface area is 193 Å². The van der Waals surface area contributed by atoms with Crippen LogP contribution in [0.15, 0.2) is 9.85 Å². The molecular weight excluding hydrogens is 490 g/mol. The number of carbonyl (C=O) groups is 3. The first-order chi connectivity index (χ1) is 13.9. The average molecular weight is 518 g/mol. The molecule has 0 unspecified atom stereocenters. The second-order valence-electron chi connectivity index (χ2n) is 9.78. The van der Waals surface area contributed by atoms with Crippen LogP contribution in [-0.4, -0.2) is 44.9 Å². The number of rotatable bonds is 1. The van der Waals surface area contributed by atoms with Crippen molar-refractivity contribution in [3.63, 3.8) is 0 Å². The summed E-state index contributed by atoms with van der Waals surface area (Å²) in [5.41, 5.74) is -2.14. The first-order valence-electron chi connectivity index (χ1n) is 9.55. The van der Waals surface area contributed by atoms with E-state index in [9.17, 15) is 14.4 Å². The number of hydrogen-bond acceptors (Lipinski definition) is 8. The molecule has 31 heavy (non-hydrogen) atoms. The van der Waals surface area contributed by atoms with Gasteiger partial charge < -0.3 is 14.2 Å². The first kappa shape index (κ1) is 25.1. The highest BCUT2D eigenvalue weighted by Crippen LogP contribution is 2.38. The van der Waals surface area contributed by atoms with Crippen LogP contribution < -0.4 is 4.90 Å². The van der Waals surface area contributed by atoms with Gasteiger partial charge in [-0.2, -0.15) is 9.58 Å². The van der Waals surface area contributed by atoms with Gasteiger partial charge in [0.05, 0.1) is 14.0 Å². The fourth-order valence-electron chi connectivity index (χ4n) is 2.32. The lowest BCUT2D eigenvalue weighted by Crippen LogP contribution is -2.44. The number of thiophene rings is 1. The Kier molecular flexibility index (Phi) is 6.82. The van der Waals surface area contributed by atoms with E-state index in [0.29, 0.717) is 18.9 Å². The van der Waals surface area contributed by atoms with E-state index in [1.807, 2.05) is 0 Å². The van der Waals surface area contributed by atoms with Crippen LogP contribution in [-0.2, 0) is 14.2 Å². The third-order valence-corrected chi connectivity index (χ3v) is 4.86. The summed E-state index contributed by atoms with van der Waals surface area (Å²) in [6, 6.07) is 1.66. The summed E-state index contributed by atoms with van der Waals surface area (Å²) in [6.45, 7) is 15.2. The summed E-state index contributed by atoms with van der Waals surface area (Å²) >= 11 is 4.58. The molecule has 2 heterocycles. The third-order valence-electron chi connectivity index (χ3n) is 3.24. The molecule has 2 aromatic heterocycles. The average Bonchev–Trinajstić information content (AvgIpc) is 3.00. The quantitative estimate of drug-likeness (QED) is 0.407. The van der Waals surface area contributed by atoms with Crippen molar-refractivity contribution in [3.8, 4) is 0 Å². The monoisotopic (exact) mass is 517 g/mol. The van der Waals surface area contributed by atoms with Crippen molar-refractivity contribution >= 4 is 61.6 Å². The highest BCUT2D eigenvalue weighted by molar-refractivity contribution is 9.11. The second-order valence-corrected chi connectivity index (χ2v) is 12.2. The lowest BCUT2D eigenvalue weighted by molar-refractivity contribution is 0.0421. The molecule has 0 bridgehead atoms. The van der Waals surface area contributed by atoms with Gasteiger partial charge in [0, 0.05) is 0 Å². The number of aromatic nitrogens is 2. The summed E-state index contributed by atoms with van der Waals surface area (Å²) in [7, 11) is 0. The highest BCUT2D eigenvalue weighted by Gasteiger charge is 2.37. The molecule has 2 amide bonds. The molecule has 0 aliphatic rings. The van der Waals surface area contributed by atoms with Gasteiger partial charge in [0.2, 0.25) is 0 Å². The maximum atomic E-state index is 13.0. The van der Waals surface area contributed by atoms with Crippen molar-refractivity contribution in [1.29, 1.82) is 0 Å². The Balaban J connectivity index is 2.64. The number of ether oxygens (including phenoxy) is 3. The van der Waals surface area contributed by atoms with E-state index in [0.717, 1.165) is 4.68 Å². The van der Waals surface area contributed by atoms with E-state index < -0.39 is 35.1 Å². The van der Waals surface area contributed by atoms with Crippen molar-refractivity contribution < 1.29 is 28.6 Å². The Morgan fingerprint density at radius 1 is 0.903 bits per heavy atom. The lowest BCUT2D eigenvalue weighted by atomic mass is 10.2.